The molecule has 5 heteroatoms. The van der Waals surface area contributed by atoms with Crippen molar-refractivity contribution >= 4 is 17.5 Å². The lowest BCUT2D eigenvalue weighted by Gasteiger charge is -2.17. The molecule has 0 aliphatic carbocycles. The van der Waals surface area contributed by atoms with E-state index in [0.29, 0.717) is 24.1 Å². The Morgan fingerprint density at radius 2 is 1.64 bits per heavy atom. The van der Waals surface area contributed by atoms with Crippen molar-refractivity contribution in [2.24, 2.45) is 5.92 Å². The van der Waals surface area contributed by atoms with Crippen molar-refractivity contribution in [1.82, 2.24) is 5.32 Å². The summed E-state index contributed by atoms with van der Waals surface area (Å²) in [4.78, 5) is 26.2. The number of para-hydroxylation sites is 1. The number of aliphatic hydroxyl groups excluding tert-OH is 1. The lowest BCUT2D eigenvalue weighted by Crippen LogP contribution is -2.29. The molecule has 2 rings (SSSR count). The Balaban J connectivity index is 1.99. The molecule has 132 valence electrons. The number of nitrogens with zero attached hydrogens (tertiary/aromatic N) is 1. The average molecular weight is 340 g/mol. The molecule has 0 spiro atoms. The maximum Gasteiger partial charge on any atom is 0.258 e. The summed E-state index contributed by atoms with van der Waals surface area (Å²) in [7, 11) is 1.72. The highest BCUT2D eigenvalue weighted by atomic mass is 16.3. The van der Waals surface area contributed by atoms with Crippen LogP contribution in [0, 0.1) is 5.92 Å². The fourth-order valence-electron chi connectivity index (χ4n) is 2.42. The van der Waals surface area contributed by atoms with Gasteiger partial charge >= 0.3 is 0 Å². The number of amides is 2. The number of carbonyl (C=O) groups excluding carboxylic acids is 2. The van der Waals surface area contributed by atoms with Gasteiger partial charge in [0.05, 0.1) is 0 Å². The second kappa shape index (κ2) is 8.99. The molecule has 2 amide bonds. The Kier molecular flexibility index (Phi) is 6.71. The summed E-state index contributed by atoms with van der Waals surface area (Å²) >= 11 is 0. The van der Waals surface area contributed by atoms with Gasteiger partial charge < -0.3 is 15.3 Å². The van der Waals surface area contributed by atoms with Gasteiger partial charge in [0, 0.05) is 37.0 Å². The van der Waals surface area contributed by atoms with Crippen molar-refractivity contribution in [3.8, 4) is 0 Å². The van der Waals surface area contributed by atoms with Crippen molar-refractivity contribution < 1.29 is 14.7 Å². The fraction of sp³-hybridized carbons (Fsp3) is 0.300. The summed E-state index contributed by atoms with van der Waals surface area (Å²) in [5.41, 5.74) is 1.85. The monoisotopic (exact) mass is 340 g/mol. The smallest absolute Gasteiger partial charge is 0.258 e. The normalized spacial score (nSPS) is 11.6. The topological polar surface area (TPSA) is 69.6 Å². The van der Waals surface area contributed by atoms with Gasteiger partial charge in [0.15, 0.2) is 0 Å². The van der Waals surface area contributed by atoms with E-state index in [2.05, 4.69) is 5.32 Å². The Hall–Kier alpha value is -2.66. The summed E-state index contributed by atoms with van der Waals surface area (Å²) in [6.45, 7) is 2.59. The molecule has 2 aromatic carbocycles. The largest absolute Gasteiger partial charge is 0.396 e. The lowest BCUT2D eigenvalue weighted by atomic mass is 10.1. The lowest BCUT2D eigenvalue weighted by molar-refractivity contribution is 0.0943. The molecule has 0 bridgehead atoms. The molecule has 0 aliphatic rings. The predicted molar refractivity (Wildman–Crippen MR) is 98.8 cm³/mol. The third-order valence-corrected chi connectivity index (χ3v) is 4.08. The number of hydrogen-bond acceptors (Lipinski definition) is 3. The van der Waals surface area contributed by atoms with Crippen molar-refractivity contribution in [1.29, 1.82) is 0 Å². The third-order valence-electron chi connectivity index (χ3n) is 4.08. The van der Waals surface area contributed by atoms with Crippen LogP contribution in [0.3, 0.4) is 0 Å². The van der Waals surface area contributed by atoms with E-state index in [4.69, 9.17) is 5.11 Å². The van der Waals surface area contributed by atoms with Crippen LogP contribution in [-0.4, -0.2) is 37.1 Å². The molecule has 0 aliphatic heterocycles. The zero-order valence-electron chi connectivity index (χ0n) is 14.6. The van der Waals surface area contributed by atoms with Crippen molar-refractivity contribution in [3.63, 3.8) is 0 Å². The minimum Gasteiger partial charge on any atom is -0.396 e. The molecule has 1 atom stereocenters. The Morgan fingerprint density at radius 3 is 2.24 bits per heavy atom. The molecular weight excluding hydrogens is 316 g/mol. The number of carbonyl (C=O) groups is 2. The molecule has 0 radical (unpaired) electrons. The standard InChI is InChI=1S/C20H24N2O3/c1-15(12-13-23)14-21-19(24)16-8-10-17(11-9-16)20(25)22(2)18-6-4-3-5-7-18/h3-11,15,23H,12-14H2,1-2H3,(H,21,24). The van der Waals surface area contributed by atoms with Crippen molar-refractivity contribution in [3.05, 3.63) is 65.7 Å². The minimum absolute atomic E-state index is 0.114. The van der Waals surface area contributed by atoms with E-state index in [1.54, 1.807) is 36.2 Å². The minimum atomic E-state index is -0.180. The zero-order valence-corrected chi connectivity index (χ0v) is 14.6. The fourth-order valence-corrected chi connectivity index (χ4v) is 2.42. The van der Waals surface area contributed by atoms with Crippen LogP contribution >= 0.6 is 0 Å². The second-order valence-corrected chi connectivity index (χ2v) is 6.10. The van der Waals surface area contributed by atoms with Crippen molar-refractivity contribution in [2.75, 3.05) is 25.1 Å². The highest BCUT2D eigenvalue weighted by molar-refractivity contribution is 6.06. The molecule has 2 N–H and O–H groups in total. The average Bonchev–Trinajstić information content (AvgIpc) is 2.66. The van der Waals surface area contributed by atoms with E-state index < -0.39 is 0 Å². The molecule has 25 heavy (non-hydrogen) atoms. The van der Waals surface area contributed by atoms with Crippen LogP contribution < -0.4 is 10.2 Å². The van der Waals surface area contributed by atoms with Crippen LogP contribution in [-0.2, 0) is 0 Å². The van der Waals surface area contributed by atoms with E-state index in [9.17, 15) is 9.59 Å². The highest BCUT2D eigenvalue weighted by Gasteiger charge is 2.14. The van der Waals surface area contributed by atoms with E-state index in [1.807, 2.05) is 37.3 Å². The first-order valence-electron chi connectivity index (χ1n) is 8.35. The van der Waals surface area contributed by atoms with E-state index in [-0.39, 0.29) is 24.3 Å². The predicted octanol–water partition coefficient (Wildman–Crippen LogP) is 2.71. The maximum absolute atomic E-state index is 12.5. The van der Waals surface area contributed by atoms with E-state index >= 15 is 0 Å². The highest BCUT2D eigenvalue weighted by Crippen LogP contribution is 2.15. The number of nitrogens with one attached hydrogen (secondary N) is 1. The van der Waals surface area contributed by atoms with Crippen LogP contribution in [0.25, 0.3) is 0 Å². The van der Waals surface area contributed by atoms with E-state index in [1.165, 1.54) is 0 Å². The van der Waals surface area contributed by atoms with Gasteiger partial charge in [-0.1, -0.05) is 25.1 Å². The molecule has 0 saturated heterocycles. The van der Waals surface area contributed by atoms with Gasteiger partial charge in [0.2, 0.25) is 0 Å². The summed E-state index contributed by atoms with van der Waals surface area (Å²) < 4.78 is 0. The van der Waals surface area contributed by atoms with Crippen LogP contribution in [0.4, 0.5) is 5.69 Å². The van der Waals surface area contributed by atoms with Gasteiger partial charge in [-0.2, -0.15) is 0 Å². The number of hydrogen-bond donors (Lipinski definition) is 2. The first-order valence-corrected chi connectivity index (χ1v) is 8.35. The number of aliphatic hydroxyl groups is 1. The molecule has 0 aromatic heterocycles. The summed E-state index contributed by atoms with van der Waals surface area (Å²) in [5, 5.41) is 11.7. The van der Waals surface area contributed by atoms with Crippen LogP contribution in [0.5, 0.6) is 0 Å². The molecule has 0 fully saturated rings. The van der Waals surface area contributed by atoms with Gasteiger partial charge in [-0.05, 0) is 48.7 Å². The van der Waals surface area contributed by atoms with Gasteiger partial charge in [-0.25, -0.2) is 0 Å². The Bertz CT molecular complexity index is 699. The molecule has 0 saturated carbocycles. The Labute approximate surface area is 148 Å². The maximum atomic E-state index is 12.5. The first kappa shape index (κ1) is 18.7. The Morgan fingerprint density at radius 1 is 1.04 bits per heavy atom. The van der Waals surface area contributed by atoms with Crippen molar-refractivity contribution in [2.45, 2.75) is 13.3 Å². The molecular formula is C20H24N2O3. The van der Waals surface area contributed by atoms with Gasteiger partial charge in [-0.3, -0.25) is 9.59 Å². The summed E-state index contributed by atoms with van der Waals surface area (Å²) in [5.74, 6) is -0.0933. The van der Waals surface area contributed by atoms with E-state index in [0.717, 1.165) is 5.69 Å². The SMILES string of the molecule is CC(CCO)CNC(=O)c1ccc(C(=O)N(C)c2ccccc2)cc1. The molecule has 5 nitrogen and oxygen atoms in total. The molecule has 0 heterocycles. The second-order valence-electron chi connectivity index (χ2n) is 6.10. The number of anilines is 1. The number of rotatable bonds is 7. The van der Waals surface area contributed by atoms with Gasteiger partial charge in [0.25, 0.3) is 11.8 Å². The van der Waals surface area contributed by atoms with Gasteiger partial charge in [0.1, 0.15) is 0 Å². The first-order chi connectivity index (χ1) is 12.0. The number of benzene rings is 2. The van der Waals surface area contributed by atoms with Crippen LogP contribution in [0.1, 0.15) is 34.1 Å². The molecule has 1 unspecified atom stereocenters. The summed E-state index contributed by atoms with van der Waals surface area (Å²) in [6.07, 6.45) is 0.652. The van der Waals surface area contributed by atoms with Gasteiger partial charge in [-0.15, -0.1) is 0 Å². The summed E-state index contributed by atoms with van der Waals surface area (Å²) in [6, 6.07) is 16.0. The molecule has 2 aromatic rings. The van der Waals surface area contributed by atoms with Crippen LogP contribution in [0.15, 0.2) is 54.6 Å². The quantitative estimate of drug-likeness (QED) is 0.814. The van der Waals surface area contributed by atoms with Crippen LogP contribution in [0.2, 0.25) is 0 Å². The zero-order chi connectivity index (χ0) is 18.2. The third kappa shape index (κ3) is 5.16.